The predicted molar refractivity (Wildman–Crippen MR) is 145 cm³/mol. The quantitative estimate of drug-likeness (QED) is 0.226. The van der Waals surface area contributed by atoms with Crippen molar-refractivity contribution < 1.29 is 48.0 Å². The Morgan fingerprint density at radius 2 is 1.38 bits per heavy atom. The third-order valence-electron chi connectivity index (χ3n) is 4.88. The average molecular weight is 560 g/mol. The fraction of sp³-hybridized carbons (Fsp3) is 0.448. The van der Waals surface area contributed by atoms with Crippen LogP contribution in [0.15, 0.2) is 48.5 Å². The highest BCUT2D eigenvalue weighted by atomic mass is 16.8. The van der Waals surface area contributed by atoms with Crippen molar-refractivity contribution in [2.24, 2.45) is 0 Å². The maximum Gasteiger partial charge on any atom is 0.514 e. The Balaban J connectivity index is 2.15. The van der Waals surface area contributed by atoms with Gasteiger partial charge in [0.25, 0.3) is 0 Å². The highest BCUT2D eigenvalue weighted by molar-refractivity contribution is 5.89. The molecule has 0 aliphatic carbocycles. The van der Waals surface area contributed by atoms with E-state index < -0.39 is 47.6 Å². The predicted octanol–water partition coefficient (Wildman–Crippen LogP) is 5.15. The molecule has 0 bridgehead atoms. The van der Waals surface area contributed by atoms with Crippen LogP contribution in [0.25, 0.3) is 0 Å². The van der Waals surface area contributed by atoms with Gasteiger partial charge in [0.05, 0.1) is 5.56 Å². The van der Waals surface area contributed by atoms with Gasteiger partial charge < -0.3 is 34.1 Å². The number of carbonyl (C=O) groups is 4. The van der Waals surface area contributed by atoms with Gasteiger partial charge >= 0.3 is 24.2 Å². The summed E-state index contributed by atoms with van der Waals surface area (Å²) in [5.74, 6) is -1.95. The van der Waals surface area contributed by atoms with Gasteiger partial charge in [0.2, 0.25) is 0 Å². The zero-order chi connectivity index (χ0) is 30.1. The summed E-state index contributed by atoms with van der Waals surface area (Å²) in [6.45, 7) is 11.7. The molecular weight excluding hydrogens is 522 g/mol. The maximum atomic E-state index is 12.3. The van der Waals surface area contributed by atoms with Crippen molar-refractivity contribution >= 4 is 24.2 Å². The summed E-state index contributed by atoms with van der Waals surface area (Å²) in [7, 11) is 0. The van der Waals surface area contributed by atoms with E-state index in [-0.39, 0.29) is 24.5 Å². The minimum absolute atomic E-state index is 0.0356. The van der Waals surface area contributed by atoms with Crippen molar-refractivity contribution in [3.8, 4) is 11.5 Å². The van der Waals surface area contributed by atoms with E-state index in [0.29, 0.717) is 11.1 Å². The molecule has 2 aromatic rings. The molecular formula is C29H37NO10. The van der Waals surface area contributed by atoms with E-state index in [9.17, 15) is 24.3 Å². The number of rotatable bonds is 10. The molecule has 0 aliphatic rings. The van der Waals surface area contributed by atoms with Crippen LogP contribution in [-0.4, -0.2) is 59.2 Å². The van der Waals surface area contributed by atoms with Gasteiger partial charge in [-0.2, -0.15) is 0 Å². The van der Waals surface area contributed by atoms with Crippen LogP contribution in [0.4, 0.5) is 9.59 Å². The summed E-state index contributed by atoms with van der Waals surface area (Å²) in [6.07, 6.45) is -2.71. The van der Waals surface area contributed by atoms with Crippen LogP contribution in [0.3, 0.4) is 0 Å². The molecule has 2 rings (SSSR count). The molecule has 40 heavy (non-hydrogen) atoms. The lowest BCUT2D eigenvalue weighted by Gasteiger charge is -2.21. The number of hydrogen-bond donors (Lipinski definition) is 2. The van der Waals surface area contributed by atoms with E-state index in [1.807, 2.05) is 0 Å². The molecule has 2 N–H and O–H groups in total. The maximum absolute atomic E-state index is 12.3. The smallest absolute Gasteiger partial charge is 0.480 e. The van der Waals surface area contributed by atoms with Crippen molar-refractivity contribution in [1.82, 2.24) is 5.32 Å². The van der Waals surface area contributed by atoms with E-state index in [2.05, 4.69) is 5.32 Å². The molecule has 0 fully saturated rings. The van der Waals surface area contributed by atoms with Gasteiger partial charge in [0.15, 0.2) is 11.5 Å². The number of nitrogens with one attached hydrogen (secondary N) is 1. The molecule has 2 atom stereocenters. The molecule has 11 heteroatoms. The minimum atomic E-state index is -1.15. The van der Waals surface area contributed by atoms with Gasteiger partial charge in [-0.05, 0) is 84.7 Å². The van der Waals surface area contributed by atoms with E-state index in [4.69, 9.17) is 23.7 Å². The van der Waals surface area contributed by atoms with Crippen LogP contribution in [0.1, 0.15) is 64.4 Å². The van der Waals surface area contributed by atoms with Crippen LogP contribution < -0.4 is 14.8 Å². The van der Waals surface area contributed by atoms with E-state index in [0.717, 1.165) is 0 Å². The Kier molecular flexibility index (Phi) is 11.1. The first kappa shape index (κ1) is 32.1. The summed E-state index contributed by atoms with van der Waals surface area (Å²) in [4.78, 5) is 48.8. The van der Waals surface area contributed by atoms with Crippen LogP contribution in [0, 0.1) is 0 Å². The topological polar surface area (TPSA) is 147 Å². The Morgan fingerprint density at radius 3 is 1.90 bits per heavy atom. The molecule has 2 aromatic carbocycles. The number of aliphatic carboxylic acids is 1. The zero-order valence-electron chi connectivity index (χ0n) is 23.8. The Hall–Kier alpha value is -4.12. The summed E-state index contributed by atoms with van der Waals surface area (Å²) in [5.41, 5.74) is -0.838. The second-order valence-corrected chi connectivity index (χ2v) is 11.0. The second-order valence-electron chi connectivity index (χ2n) is 11.0. The van der Waals surface area contributed by atoms with Gasteiger partial charge in [-0.25, -0.2) is 14.4 Å². The molecule has 0 aliphatic heterocycles. The van der Waals surface area contributed by atoms with Crippen molar-refractivity contribution in [2.75, 3.05) is 6.54 Å². The van der Waals surface area contributed by atoms with Crippen molar-refractivity contribution in [3.63, 3.8) is 0 Å². The Morgan fingerprint density at radius 1 is 0.825 bits per heavy atom. The lowest BCUT2D eigenvalue weighted by Crippen LogP contribution is -2.42. The molecule has 0 spiro atoms. The molecule has 0 heterocycles. The number of benzene rings is 2. The number of ether oxygens (including phenoxy) is 5. The van der Waals surface area contributed by atoms with Crippen molar-refractivity contribution in [2.45, 2.75) is 78.2 Å². The number of esters is 1. The lowest BCUT2D eigenvalue weighted by molar-refractivity contribution is -0.139. The second kappa shape index (κ2) is 13.8. The molecule has 0 radical (unpaired) electrons. The monoisotopic (exact) mass is 559 g/mol. The van der Waals surface area contributed by atoms with Crippen molar-refractivity contribution in [3.05, 3.63) is 59.7 Å². The zero-order valence-corrected chi connectivity index (χ0v) is 23.8. The number of hydrogen-bond acceptors (Lipinski definition) is 10. The number of carbonyl (C=O) groups excluding carboxylic acids is 3. The van der Waals surface area contributed by atoms with Crippen LogP contribution in [-0.2, 0) is 25.4 Å². The first-order chi connectivity index (χ1) is 18.5. The fourth-order valence-electron chi connectivity index (χ4n) is 3.22. The molecule has 0 saturated carbocycles. The molecule has 11 nitrogen and oxygen atoms in total. The van der Waals surface area contributed by atoms with Gasteiger partial charge in [0.1, 0.15) is 23.3 Å². The fourth-order valence-corrected chi connectivity index (χ4v) is 3.22. The first-order valence-corrected chi connectivity index (χ1v) is 12.7. The highest BCUT2D eigenvalue weighted by Crippen LogP contribution is 2.31. The average Bonchev–Trinajstić information content (AvgIpc) is 2.81. The van der Waals surface area contributed by atoms with Gasteiger partial charge in [-0.1, -0.05) is 24.3 Å². The summed E-state index contributed by atoms with van der Waals surface area (Å²) in [5, 5.41) is 12.6. The molecule has 0 amide bonds. The Labute approximate surface area is 233 Å². The van der Waals surface area contributed by atoms with Crippen LogP contribution >= 0.6 is 0 Å². The van der Waals surface area contributed by atoms with Crippen LogP contribution in [0.2, 0.25) is 0 Å². The van der Waals surface area contributed by atoms with E-state index in [1.165, 1.54) is 18.2 Å². The largest absolute Gasteiger partial charge is 0.514 e. The van der Waals surface area contributed by atoms with Crippen LogP contribution in [0.5, 0.6) is 11.5 Å². The number of carboxylic acids is 1. The van der Waals surface area contributed by atoms with Gasteiger partial charge in [-0.15, -0.1) is 0 Å². The summed E-state index contributed by atoms with van der Waals surface area (Å²) in [6, 6.07) is 11.6. The number of carboxylic acid groups (broad SMARTS) is 1. The molecule has 0 saturated heterocycles. The standard InChI is InChI=1S/C29H37NO10/c1-18(36-25(33)20-11-9-8-10-12-20)17-30-21(24(31)32)15-19-13-14-22(37-26(34)39-28(2,3)4)23(16-19)38-27(35)40-29(5,6)7/h8-14,16,18,21,30H,15,17H2,1-7H3,(H,31,32)/t18?,21-/m0/s1. The van der Waals surface area contributed by atoms with Gasteiger partial charge in [-0.3, -0.25) is 4.79 Å². The highest BCUT2D eigenvalue weighted by Gasteiger charge is 2.25. The Bertz CT molecular complexity index is 1180. The molecule has 1 unspecified atom stereocenters. The third-order valence-corrected chi connectivity index (χ3v) is 4.88. The normalized spacial score (nSPS) is 13.0. The van der Waals surface area contributed by atoms with Gasteiger partial charge in [0, 0.05) is 6.54 Å². The summed E-state index contributed by atoms with van der Waals surface area (Å²) >= 11 is 0. The lowest BCUT2D eigenvalue weighted by atomic mass is 10.0. The molecule has 0 aromatic heterocycles. The van der Waals surface area contributed by atoms with Crippen molar-refractivity contribution in [1.29, 1.82) is 0 Å². The minimum Gasteiger partial charge on any atom is -0.480 e. The SMILES string of the molecule is CC(CN[C@@H](Cc1ccc(OC(=O)OC(C)(C)C)c(OC(=O)OC(C)(C)C)c1)C(=O)O)OC(=O)c1ccccc1. The first-order valence-electron chi connectivity index (χ1n) is 12.7. The molecule has 218 valence electrons. The third kappa shape index (κ3) is 11.7. The van der Waals surface area contributed by atoms with E-state index in [1.54, 1.807) is 78.8 Å². The van der Waals surface area contributed by atoms with E-state index >= 15 is 0 Å². The summed E-state index contributed by atoms with van der Waals surface area (Å²) < 4.78 is 26.3.